The van der Waals surface area contributed by atoms with E-state index in [2.05, 4.69) is 6.92 Å². The third-order valence-electron chi connectivity index (χ3n) is 4.40. The minimum atomic E-state index is -3.31. The molecule has 0 radical (unpaired) electrons. The van der Waals surface area contributed by atoms with Gasteiger partial charge in [-0.2, -0.15) is 17.0 Å². The fourth-order valence-electron chi connectivity index (χ4n) is 3.13. The maximum atomic E-state index is 12.8. The summed E-state index contributed by atoms with van der Waals surface area (Å²) in [4.78, 5) is 0. The molecule has 2 fully saturated rings. The second-order valence-corrected chi connectivity index (χ2v) is 8.09. The summed E-state index contributed by atoms with van der Waals surface area (Å²) in [7, 11) is -3.31. The summed E-state index contributed by atoms with van der Waals surface area (Å²) < 4.78 is 28.9. The third kappa shape index (κ3) is 3.63. The first-order valence-corrected chi connectivity index (χ1v) is 9.31. The Labute approximate surface area is 122 Å². The zero-order valence-corrected chi connectivity index (χ0v) is 13.3. The summed E-state index contributed by atoms with van der Waals surface area (Å²) in [5, 5.41) is 0. The molecule has 1 saturated carbocycles. The van der Waals surface area contributed by atoms with Gasteiger partial charge < -0.3 is 0 Å². The lowest BCUT2D eigenvalue weighted by atomic mass is 10.0. The quantitative estimate of drug-likeness (QED) is 0.732. The SMILES string of the molecule is CC1CCN(S(=O)(=O)N(CCCl)C2CCCC2)CC1. The van der Waals surface area contributed by atoms with Gasteiger partial charge >= 0.3 is 0 Å². The van der Waals surface area contributed by atoms with Gasteiger partial charge in [-0.05, 0) is 31.6 Å². The Kier molecular flexibility index (Phi) is 5.52. The molecule has 1 aliphatic carbocycles. The van der Waals surface area contributed by atoms with Gasteiger partial charge in [0.2, 0.25) is 0 Å². The average Bonchev–Trinajstić information content (AvgIpc) is 2.89. The molecule has 0 bridgehead atoms. The zero-order valence-electron chi connectivity index (χ0n) is 11.7. The highest BCUT2D eigenvalue weighted by Crippen LogP contribution is 2.28. The van der Waals surface area contributed by atoms with Crippen LogP contribution in [0.3, 0.4) is 0 Å². The Morgan fingerprint density at radius 2 is 1.74 bits per heavy atom. The van der Waals surface area contributed by atoms with E-state index in [1.54, 1.807) is 8.61 Å². The van der Waals surface area contributed by atoms with E-state index in [1.807, 2.05) is 0 Å². The summed E-state index contributed by atoms with van der Waals surface area (Å²) in [6.45, 7) is 3.96. The van der Waals surface area contributed by atoms with Crippen molar-refractivity contribution in [1.82, 2.24) is 8.61 Å². The summed E-state index contributed by atoms with van der Waals surface area (Å²) in [6.07, 6.45) is 6.18. The van der Waals surface area contributed by atoms with E-state index in [0.29, 0.717) is 31.4 Å². The van der Waals surface area contributed by atoms with Crippen LogP contribution in [0.5, 0.6) is 0 Å². The van der Waals surface area contributed by atoms with Gasteiger partial charge in [-0.15, -0.1) is 11.6 Å². The van der Waals surface area contributed by atoms with Crippen LogP contribution in [0.25, 0.3) is 0 Å². The smallest absolute Gasteiger partial charge is 0.195 e. The van der Waals surface area contributed by atoms with E-state index in [1.165, 1.54) is 0 Å². The predicted molar refractivity (Wildman–Crippen MR) is 78.6 cm³/mol. The van der Waals surface area contributed by atoms with Crippen LogP contribution in [0.1, 0.15) is 45.4 Å². The number of nitrogens with zero attached hydrogens (tertiary/aromatic N) is 2. The van der Waals surface area contributed by atoms with E-state index < -0.39 is 10.2 Å². The van der Waals surface area contributed by atoms with Crippen LogP contribution in [-0.2, 0) is 10.2 Å². The molecule has 2 rings (SSSR count). The number of rotatable bonds is 5. The first kappa shape index (κ1) is 15.5. The van der Waals surface area contributed by atoms with E-state index in [9.17, 15) is 8.42 Å². The molecule has 4 nitrogen and oxygen atoms in total. The van der Waals surface area contributed by atoms with Crippen LogP contribution >= 0.6 is 11.6 Å². The Hall–Kier alpha value is 0.160. The first-order valence-electron chi connectivity index (χ1n) is 7.38. The van der Waals surface area contributed by atoms with Crippen molar-refractivity contribution in [3.05, 3.63) is 0 Å². The molecule has 0 amide bonds. The van der Waals surface area contributed by atoms with E-state index in [-0.39, 0.29) is 6.04 Å². The molecule has 1 saturated heterocycles. The van der Waals surface area contributed by atoms with Crippen molar-refractivity contribution >= 4 is 21.8 Å². The molecule has 112 valence electrons. The Morgan fingerprint density at radius 3 is 2.26 bits per heavy atom. The summed E-state index contributed by atoms with van der Waals surface area (Å²) in [6, 6.07) is 0.170. The van der Waals surface area contributed by atoms with Crippen LogP contribution in [0.2, 0.25) is 0 Å². The average molecular weight is 309 g/mol. The molecule has 0 unspecified atom stereocenters. The van der Waals surface area contributed by atoms with Crippen molar-refractivity contribution in [2.45, 2.75) is 51.5 Å². The van der Waals surface area contributed by atoms with Crippen molar-refractivity contribution in [2.24, 2.45) is 5.92 Å². The number of alkyl halides is 1. The van der Waals surface area contributed by atoms with Crippen LogP contribution in [0.15, 0.2) is 0 Å². The predicted octanol–water partition coefficient (Wildman–Crippen LogP) is 2.45. The maximum Gasteiger partial charge on any atom is 0.282 e. The van der Waals surface area contributed by atoms with Gasteiger partial charge in [-0.3, -0.25) is 0 Å². The second-order valence-electron chi connectivity index (χ2n) is 5.83. The molecular formula is C13H25ClN2O2S. The van der Waals surface area contributed by atoms with Gasteiger partial charge in [0.05, 0.1) is 0 Å². The summed E-state index contributed by atoms with van der Waals surface area (Å²) in [5.41, 5.74) is 0. The molecule has 1 aliphatic heterocycles. The van der Waals surface area contributed by atoms with Gasteiger partial charge in [-0.25, -0.2) is 0 Å². The molecule has 19 heavy (non-hydrogen) atoms. The molecule has 0 atom stereocenters. The van der Waals surface area contributed by atoms with Crippen molar-refractivity contribution in [3.63, 3.8) is 0 Å². The lowest BCUT2D eigenvalue weighted by Gasteiger charge is -2.36. The molecule has 6 heteroatoms. The van der Waals surface area contributed by atoms with Gasteiger partial charge in [0.15, 0.2) is 0 Å². The molecule has 0 aromatic heterocycles. The Balaban J connectivity index is 2.09. The maximum absolute atomic E-state index is 12.8. The highest BCUT2D eigenvalue weighted by atomic mass is 35.5. The molecular weight excluding hydrogens is 284 g/mol. The Morgan fingerprint density at radius 1 is 1.16 bits per heavy atom. The third-order valence-corrected chi connectivity index (χ3v) is 6.66. The summed E-state index contributed by atoms with van der Waals surface area (Å²) >= 11 is 5.82. The van der Waals surface area contributed by atoms with Gasteiger partial charge in [0.1, 0.15) is 0 Å². The monoisotopic (exact) mass is 308 g/mol. The van der Waals surface area contributed by atoms with Gasteiger partial charge in [0.25, 0.3) is 10.2 Å². The number of hydrogen-bond donors (Lipinski definition) is 0. The van der Waals surface area contributed by atoms with Gasteiger partial charge in [-0.1, -0.05) is 19.8 Å². The summed E-state index contributed by atoms with van der Waals surface area (Å²) in [5.74, 6) is 1.01. The van der Waals surface area contributed by atoms with Crippen molar-refractivity contribution < 1.29 is 8.42 Å². The van der Waals surface area contributed by atoms with Crippen LogP contribution in [0, 0.1) is 5.92 Å². The fourth-order valence-corrected chi connectivity index (χ4v) is 5.29. The van der Waals surface area contributed by atoms with Crippen molar-refractivity contribution in [3.8, 4) is 0 Å². The normalized spacial score (nSPS) is 24.4. The zero-order chi connectivity index (χ0) is 13.9. The van der Waals surface area contributed by atoms with Crippen molar-refractivity contribution in [2.75, 3.05) is 25.5 Å². The number of hydrogen-bond acceptors (Lipinski definition) is 2. The lowest BCUT2D eigenvalue weighted by molar-refractivity contribution is 0.248. The van der Waals surface area contributed by atoms with Crippen LogP contribution < -0.4 is 0 Å². The van der Waals surface area contributed by atoms with Crippen molar-refractivity contribution in [1.29, 1.82) is 0 Å². The number of halogens is 1. The minimum Gasteiger partial charge on any atom is -0.195 e. The topological polar surface area (TPSA) is 40.6 Å². The minimum absolute atomic E-state index is 0.170. The molecule has 0 N–H and O–H groups in total. The number of piperidine rings is 1. The lowest BCUT2D eigenvalue weighted by Crippen LogP contribution is -2.50. The van der Waals surface area contributed by atoms with E-state index in [0.717, 1.165) is 38.5 Å². The Bertz CT molecular complexity index is 374. The molecule has 0 aromatic rings. The molecule has 0 aromatic carbocycles. The largest absolute Gasteiger partial charge is 0.282 e. The van der Waals surface area contributed by atoms with E-state index in [4.69, 9.17) is 11.6 Å². The van der Waals surface area contributed by atoms with Crippen LogP contribution in [0.4, 0.5) is 0 Å². The molecule has 0 spiro atoms. The second kappa shape index (κ2) is 6.74. The highest BCUT2D eigenvalue weighted by Gasteiger charge is 2.36. The van der Waals surface area contributed by atoms with E-state index >= 15 is 0 Å². The highest BCUT2D eigenvalue weighted by molar-refractivity contribution is 7.86. The van der Waals surface area contributed by atoms with Crippen LogP contribution in [-0.4, -0.2) is 48.6 Å². The van der Waals surface area contributed by atoms with Gasteiger partial charge in [0, 0.05) is 31.6 Å². The first-order chi connectivity index (χ1) is 9.05. The standard InChI is InChI=1S/C13H25ClN2O2S/c1-12-6-9-15(10-7-12)19(17,18)16(11-8-14)13-4-2-3-5-13/h12-13H,2-11H2,1H3. The molecule has 1 heterocycles. The molecule has 2 aliphatic rings. The fraction of sp³-hybridized carbons (Fsp3) is 1.00.